The number of amides is 3. The summed E-state index contributed by atoms with van der Waals surface area (Å²) in [6.45, 7) is 4.21. The maximum absolute atomic E-state index is 14.0. The summed E-state index contributed by atoms with van der Waals surface area (Å²) in [7, 11) is 1.76. The van der Waals surface area contributed by atoms with Crippen LogP contribution in [0.25, 0.3) is 0 Å². The van der Waals surface area contributed by atoms with E-state index in [4.69, 9.17) is 23.2 Å². The van der Waals surface area contributed by atoms with Crippen LogP contribution < -0.4 is 0 Å². The van der Waals surface area contributed by atoms with Crippen molar-refractivity contribution in [1.29, 1.82) is 0 Å². The van der Waals surface area contributed by atoms with Crippen LogP contribution in [0.3, 0.4) is 0 Å². The maximum Gasteiger partial charge on any atom is 0.320 e. The number of fused-ring (bicyclic) bond motifs is 1. The minimum atomic E-state index is -0.304. The van der Waals surface area contributed by atoms with Gasteiger partial charge in [0.2, 0.25) is 5.91 Å². The molecule has 2 saturated heterocycles. The molecular weight excluding hydrogens is 514 g/mol. The van der Waals surface area contributed by atoms with Crippen LogP contribution >= 0.6 is 23.2 Å². The predicted octanol–water partition coefficient (Wildman–Crippen LogP) is 5.63. The first kappa shape index (κ1) is 25.9. The fourth-order valence-electron chi connectivity index (χ4n) is 5.95. The van der Waals surface area contributed by atoms with E-state index in [1.165, 1.54) is 12.1 Å². The Morgan fingerprint density at radius 3 is 2.57 bits per heavy atom. The number of aryl methyl sites for hydroxylation is 1. The van der Waals surface area contributed by atoms with Crippen LogP contribution in [0.15, 0.2) is 48.7 Å². The van der Waals surface area contributed by atoms with Gasteiger partial charge >= 0.3 is 6.03 Å². The van der Waals surface area contributed by atoms with Crippen molar-refractivity contribution in [2.45, 2.75) is 50.9 Å². The third kappa shape index (κ3) is 5.30. The second-order valence-corrected chi connectivity index (χ2v) is 11.1. The van der Waals surface area contributed by atoms with Crippen molar-refractivity contribution in [3.8, 4) is 0 Å². The van der Waals surface area contributed by atoms with Gasteiger partial charge in [-0.1, -0.05) is 35.3 Å². The molecule has 5 rings (SSSR count). The Bertz CT molecular complexity index is 1220. The minimum absolute atomic E-state index is 0.0193. The molecule has 3 aliphatic heterocycles. The number of benzene rings is 2. The molecule has 6 nitrogen and oxygen atoms in total. The third-order valence-corrected chi connectivity index (χ3v) is 8.18. The first-order chi connectivity index (χ1) is 17.7. The number of hydrogen-bond acceptors (Lipinski definition) is 3. The van der Waals surface area contributed by atoms with E-state index in [1.807, 2.05) is 22.9 Å². The monoisotopic (exact) mass is 544 g/mol. The number of halogens is 3. The minimum Gasteiger partial charge on any atom is -0.364 e. The fourth-order valence-corrected chi connectivity index (χ4v) is 6.53. The van der Waals surface area contributed by atoms with E-state index in [-0.39, 0.29) is 35.9 Å². The summed E-state index contributed by atoms with van der Waals surface area (Å²) in [6, 6.07) is 9.49. The summed E-state index contributed by atoms with van der Waals surface area (Å²) in [6.07, 6.45) is 6.13. The SMILES string of the molecule is Cc1cc(F)ccc1[C@H]1C[C@H](N2CCN3C=CC[C@H]3C2=O)CCN1C(=O)N(C)Cc1cc(Cl)cc(Cl)c1. The van der Waals surface area contributed by atoms with Crippen LogP contribution in [0.5, 0.6) is 0 Å². The molecule has 0 radical (unpaired) electrons. The number of rotatable bonds is 4. The molecule has 0 bridgehead atoms. The van der Waals surface area contributed by atoms with E-state index in [0.717, 1.165) is 29.7 Å². The molecule has 9 heteroatoms. The van der Waals surface area contributed by atoms with Crippen LogP contribution in [0.4, 0.5) is 9.18 Å². The summed E-state index contributed by atoms with van der Waals surface area (Å²) >= 11 is 12.3. The molecule has 0 unspecified atom stereocenters. The fraction of sp³-hybridized carbons (Fsp3) is 0.429. The molecule has 196 valence electrons. The molecule has 2 aromatic rings. The van der Waals surface area contributed by atoms with E-state index in [1.54, 1.807) is 36.2 Å². The zero-order chi connectivity index (χ0) is 26.3. The highest BCUT2D eigenvalue weighted by atomic mass is 35.5. The van der Waals surface area contributed by atoms with Crippen LogP contribution in [-0.4, -0.2) is 70.3 Å². The number of piperidine rings is 1. The first-order valence-electron chi connectivity index (χ1n) is 12.7. The standard InChI is InChI=1S/C28H31Cl2FN4O2/c1-18-12-22(31)5-6-24(18)26-16-23(34-11-10-33-8-3-4-25(33)27(34)36)7-9-35(26)28(37)32(2)17-19-13-20(29)15-21(30)14-19/h3,5-6,8,12-15,23,25-26H,4,7,9-11,16-17H2,1-2H3/t23-,25+,26-/m1/s1. The topological polar surface area (TPSA) is 47.1 Å². The zero-order valence-corrected chi connectivity index (χ0v) is 22.6. The van der Waals surface area contributed by atoms with Crippen molar-refractivity contribution in [1.82, 2.24) is 19.6 Å². The van der Waals surface area contributed by atoms with Gasteiger partial charge in [-0.05, 0) is 79.4 Å². The van der Waals surface area contributed by atoms with Gasteiger partial charge in [-0.3, -0.25) is 4.79 Å². The van der Waals surface area contributed by atoms with Gasteiger partial charge in [-0.15, -0.1) is 0 Å². The lowest BCUT2D eigenvalue weighted by molar-refractivity contribution is -0.143. The van der Waals surface area contributed by atoms with Gasteiger partial charge in [0.15, 0.2) is 0 Å². The van der Waals surface area contributed by atoms with Crippen LogP contribution in [-0.2, 0) is 11.3 Å². The molecule has 3 aliphatic rings. The maximum atomic E-state index is 14.0. The number of carbonyl (C=O) groups excluding carboxylic acids is 2. The zero-order valence-electron chi connectivity index (χ0n) is 21.0. The van der Waals surface area contributed by atoms with Gasteiger partial charge in [0.05, 0.1) is 6.04 Å². The lowest BCUT2D eigenvalue weighted by atomic mass is 9.88. The van der Waals surface area contributed by atoms with Crippen LogP contribution in [0, 0.1) is 12.7 Å². The van der Waals surface area contributed by atoms with Crippen molar-refractivity contribution >= 4 is 35.1 Å². The van der Waals surface area contributed by atoms with E-state index in [2.05, 4.69) is 11.0 Å². The summed E-state index contributed by atoms with van der Waals surface area (Å²) in [5, 5.41) is 1.04. The lowest BCUT2D eigenvalue weighted by Gasteiger charge is -2.48. The average molecular weight is 545 g/mol. The summed E-state index contributed by atoms with van der Waals surface area (Å²) in [5.74, 6) is -0.146. The smallest absolute Gasteiger partial charge is 0.320 e. The van der Waals surface area contributed by atoms with Crippen molar-refractivity contribution in [2.24, 2.45) is 0 Å². The molecule has 0 N–H and O–H groups in total. The summed E-state index contributed by atoms with van der Waals surface area (Å²) in [5.41, 5.74) is 2.54. The molecule has 0 saturated carbocycles. The third-order valence-electron chi connectivity index (χ3n) is 7.74. The molecule has 0 aromatic heterocycles. The number of carbonyl (C=O) groups is 2. The lowest BCUT2D eigenvalue weighted by Crippen LogP contribution is -2.59. The molecule has 2 fully saturated rings. The summed E-state index contributed by atoms with van der Waals surface area (Å²) < 4.78 is 14.0. The van der Waals surface area contributed by atoms with E-state index in [0.29, 0.717) is 42.5 Å². The van der Waals surface area contributed by atoms with Gasteiger partial charge in [-0.25, -0.2) is 9.18 Å². The van der Waals surface area contributed by atoms with E-state index < -0.39 is 0 Å². The van der Waals surface area contributed by atoms with Crippen molar-refractivity contribution in [3.63, 3.8) is 0 Å². The molecule has 0 aliphatic carbocycles. The van der Waals surface area contributed by atoms with Crippen LogP contribution in [0.2, 0.25) is 10.0 Å². The molecule has 2 aromatic carbocycles. The largest absolute Gasteiger partial charge is 0.364 e. The number of likely N-dealkylation sites (tertiary alicyclic amines) is 1. The Hall–Kier alpha value is -2.77. The molecule has 3 amide bonds. The number of nitrogens with zero attached hydrogens (tertiary/aromatic N) is 4. The average Bonchev–Trinajstić information content (AvgIpc) is 3.33. The highest BCUT2D eigenvalue weighted by molar-refractivity contribution is 6.34. The highest BCUT2D eigenvalue weighted by Gasteiger charge is 2.42. The molecule has 37 heavy (non-hydrogen) atoms. The van der Waals surface area contributed by atoms with Gasteiger partial charge in [0, 0.05) is 49.3 Å². The van der Waals surface area contributed by atoms with Crippen molar-refractivity contribution in [2.75, 3.05) is 26.7 Å². The molecule has 3 heterocycles. The second kappa shape index (κ2) is 10.5. The van der Waals surface area contributed by atoms with Gasteiger partial charge in [0.25, 0.3) is 0 Å². The van der Waals surface area contributed by atoms with E-state index >= 15 is 0 Å². The van der Waals surface area contributed by atoms with Crippen molar-refractivity contribution < 1.29 is 14.0 Å². The predicted molar refractivity (Wildman–Crippen MR) is 143 cm³/mol. The Balaban J connectivity index is 1.38. The van der Waals surface area contributed by atoms with Gasteiger partial charge < -0.3 is 19.6 Å². The normalized spacial score (nSPS) is 23.4. The van der Waals surface area contributed by atoms with Crippen LogP contribution in [0.1, 0.15) is 42.0 Å². The highest BCUT2D eigenvalue weighted by Crippen LogP contribution is 2.37. The number of piperazine rings is 1. The van der Waals surface area contributed by atoms with Crippen molar-refractivity contribution in [3.05, 3.63) is 81.2 Å². The van der Waals surface area contributed by atoms with Gasteiger partial charge in [-0.2, -0.15) is 0 Å². The van der Waals surface area contributed by atoms with Gasteiger partial charge in [0.1, 0.15) is 11.9 Å². The molecular formula is C28H31Cl2FN4O2. The Morgan fingerprint density at radius 2 is 1.84 bits per heavy atom. The summed E-state index contributed by atoms with van der Waals surface area (Å²) in [4.78, 5) is 34.7. The Labute approximate surface area is 227 Å². The Morgan fingerprint density at radius 1 is 1.08 bits per heavy atom. The Kier molecular flexibility index (Phi) is 7.37. The molecule has 3 atom stereocenters. The van der Waals surface area contributed by atoms with E-state index in [9.17, 15) is 14.0 Å². The second-order valence-electron chi connectivity index (χ2n) is 10.2. The quantitative estimate of drug-likeness (QED) is 0.501. The number of urea groups is 1. The number of hydrogen-bond donors (Lipinski definition) is 0. The first-order valence-corrected chi connectivity index (χ1v) is 13.4. The molecule has 0 spiro atoms.